The first-order valence-electron chi connectivity index (χ1n) is 11.3. The summed E-state index contributed by atoms with van der Waals surface area (Å²) in [4.78, 5) is 42.1. The molecule has 0 saturated carbocycles. The van der Waals surface area contributed by atoms with Crippen molar-refractivity contribution in [3.05, 3.63) is 97.0 Å². The predicted octanol–water partition coefficient (Wildman–Crippen LogP) is 5.13. The first-order chi connectivity index (χ1) is 16.7. The van der Waals surface area contributed by atoms with Crippen LogP contribution in [0.5, 0.6) is 0 Å². The van der Waals surface area contributed by atoms with Gasteiger partial charge in [-0.3, -0.25) is 19.7 Å². The Morgan fingerprint density at radius 2 is 1.91 bits per heavy atom. The Balaban J connectivity index is 1.63. The van der Waals surface area contributed by atoms with Crippen molar-refractivity contribution in [2.75, 3.05) is 13.1 Å². The van der Waals surface area contributed by atoms with Crippen molar-refractivity contribution in [1.82, 2.24) is 9.80 Å². The van der Waals surface area contributed by atoms with E-state index in [1.807, 2.05) is 11.4 Å². The number of rotatable bonds is 6. The molecule has 0 bridgehead atoms. The first kappa shape index (κ1) is 24.5. The van der Waals surface area contributed by atoms with Gasteiger partial charge in [0, 0.05) is 34.7 Å². The lowest BCUT2D eigenvalue weighted by atomic mass is 9.93. The number of nitro benzene ring substituents is 1. The van der Waals surface area contributed by atoms with E-state index in [9.17, 15) is 24.1 Å². The van der Waals surface area contributed by atoms with E-state index < -0.39 is 10.8 Å². The maximum Gasteiger partial charge on any atom is 0.273 e. The van der Waals surface area contributed by atoms with Crippen LogP contribution < -0.4 is 0 Å². The van der Waals surface area contributed by atoms with Crippen molar-refractivity contribution in [3.8, 4) is 0 Å². The number of amides is 2. The van der Waals surface area contributed by atoms with E-state index >= 15 is 0 Å². The molecule has 0 saturated heterocycles. The molecule has 1 atom stereocenters. The van der Waals surface area contributed by atoms with Crippen LogP contribution in [0.15, 0.2) is 53.9 Å². The van der Waals surface area contributed by atoms with E-state index in [0.29, 0.717) is 18.5 Å². The quantitative estimate of drug-likeness (QED) is 0.351. The Kier molecular flexibility index (Phi) is 6.98. The number of carbonyl (C=O) groups is 2. The number of thiophene rings is 1. The molecule has 9 heteroatoms. The fourth-order valence-corrected chi connectivity index (χ4v) is 5.32. The summed E-state index contributed by atoms with van der Waals surface area (Å²) in [6, 6.07) is 11.8. The molecule has 2 heterocycles. The fourth-order valence-electron chi connectivity index (χ4n) is 4.42. The van der Waals surface area contributed by atoms with Crippen molar-refractivity contribution in [1.29, 1.82) is 0 Å². The maximum atomic E-state index is 13.6. The summed E-state index contributed by atoms with van der Waals surface area (Å²) in [7, 11) is 0. The van der Waals surface area contributed by atoms with Crippen molar-refractivity contribution in [2.45, 2.75) is 39.3 Å². The Morgan fingerprint density at radius 3 is 2.57 bits per heavy atom. The zero-order chi connectivity index (χ0) is 25.3. The second kappa shape index (κ2) is 9.95. The summed E-state index contributed by atoms with van der Waals surface area (Å²) in [6.07, 6.45) is 0.705. The van der Waals surface area contributed by atoms with Gasteiger partial charge in [0.15, 0.2) is 0 Å². The smallest absolute Gasteiger partial charge is 0.273 e. The highest BCUT2D eigenvalue weighted by Gasteiger charge is 2.34. The number of hydrogen-bond acceptors (Lipinski definition) is 5. The molecular weight excluding hydrogens is 469 g/mol. The lowest BCUT2D eigenvalue weighted by molar-refractivity contribution is -0.385. The Bertz CT molecular complexity index is 1270. The number of benzene rings is 2. The van der Waals surface area contributed by atoms with Gasteiger partial charge < -0.3 is 9.80 Å². The second-order valence-electron chi connectivity index (χ2n) is 8.88. The van der Waals surface area contributed by atoms with Crippen LogP contribution in [0.1, 0.15) is 51.8 Å². The molecule has 0 fully saturated rings. The molecule has 1 unspecified atom stereocenters. The van der Waals surface area contributed by atoms with Crippen LogP contribution in [0, 0.1) is 22.9 Å². The SMILES string of the molecule is Cc1ccc(C(=O)N(CC(=O)N2CCc3sccc3C2c2ccc(F)cc2)C(C)C)cc1[N+](=O)[O-]. The lowest BCUT2D eigenvalue weighted by Crippen LogP contribution is -2.48. The number of fused-ring (bicyclic) bond motifs is 1. The van der Waals surface area contributed by atoms with Gasteiger partial charge in [0.1, 0.15) is 12.4 Å². The molecule has 35 heavy (non-hydrogen) atoms. The molecule has 0 aliphatic carbocycles. The molecule has 1 aliphatic rings. The third-order valence-corrected chi connectivity index (χ3v) is 7.31. The summed E-state index contributed by atoms with van der Waals surface area (Å²) >= 11 is 1.63. The Morgan fingerprint density at radius 1 is 1.20 bits per heavy atom. The van der Waals surface area contributed by atoms with Crippen molar-refractivity contribution in [3.63, 3.8) is 0 Å². The van der Waals surface area contributed by atoms with Crippen LogP contribution in [0.4, 0.5) is 10.1 Å². The van der Waals surface area contributed by atoms with Crippen LogP contribution in [-0.4, -0.2) is 45.7 Å². The van der Waals surface area contributed by atoms with Crippen molar-refractivity contribution in [2.24, 2.45) is 0 Å². The van der Waals surface area contributed by atoms with Gasteiger partial charge in [0.25, 0.3) is 11.6 Å². The maximum absolute atomic E-state index is 13.6. The molecular formula is C26H26FN3O4S. The Hall–Kier alpha value is -3.59. The number of nitrogens with zero attached hydrogens (tertiary/aromatic N) is 3. The highest BCUT2D eigenvalue weighted by atomic mass is 32.1. The van der Waals surface area contributed by atoms with Gasteiger partial charge in [-0.15, -0.1) is 11.3 Å². The van der Waals surface area contributed by atoms with E-state index in [1.54, 1.807) is 61.3 Å². The topological polar surface area (TPSA) is 83.8 Å². The highest BCUT2D eigenvalue weighted by molar-refractivity contribution is 7.10. The van der Waals surface area contributed by atoms with Gasteiger partial charge in [-0.25, -0.2) is 4.39 Å². The molecule has 4 rings (SSSR count). The van der Waals surface area contributed by atoms with E-state index in [0.717, 1.165) is 11.1 Å². The van der Waals surface area contributed by atoms with Gasteiger partial charge in [-0.2, -0.15) is 0 Å². The normalized spacial score (nSPS) is 15.1. The third-order valence-electron chi connectivity index (χ3n) is 6.31. The fraction of sp³-hybridized carbons (Fsp3) is 0.308. The minimum Gasteiger partial charge on any atom is -0.330 e. The number of aryl methyl sites for hydroxylation is 1. The van der Waals surface area contributed by atoms with Gasteiger partial charge in [-0.05, 0) is 68.0 Å². The summed E-state index contributed by atoms with van der Waals surface area (Å²) in [6.45, 7) is 5.53. The van der Waals surface area contributed by atoms with Crippen LogP contribution in [0.25, 0.3) is 0 Å². The van der Waals surface area contributed by atoms with Crippen LogP contribution in [-0.2, 0) is 11.2 Å². The van der Waals surface area contributed by atoms with E-state index in [2.05, 4.69) is 0 Å². The van der Waals surface area contributed by atoms with Gasteiger partial charge in [0.2, 0.25) is 5.91 Å². The summed E-state index contributed by atoms with van der Waals surface area (Å²) in [5.41, 5.74) is 2.30. The molecule has 0 N–H and O–H groups in total. The summed E-state index contributed by atoms with van der Waals surface area (Å²) < 4.78 is 13.6. The molecule has 2 aromatic carbocycles. The summed E-state index contributed by atoms with van der Waals surface area (Å²) in [5.74, 6) is -1.03. The monoisotopic (exact) mass is 495 g/mol. The molecule has 1 aliphatic heterocycles. The molecule has 1 aromatic heterocycles. The first-order valence-corrected chi connectivity index (χ1v) is 12.2. The van der Waals surface area contributed by atoms with E-state index in [1.165, 1.54) is 28.0 Å². The molecule has 0 radical (unpaired) electrons. The van der Waals surface area contributed by atoms with Gasteiger partial charge in [0.05, 0.1) is 11.0 Å². The summed E-state index contributed by atoms with van der Waals surface area (Å²) in [5, 5.41) is 13.3. The Labute approximate surface area is 206 Å². The van der Waals surface area contributed by atoms with Crippen molar-refractivity contribution >= 4 is 28.8 Å². The van der Waals surface area contributed by atoms with E-state index in [4.69, 9.17) is 0 Å². The minimum atomic E-state index is -0.517. The molecule has 3 aromatic rings. The average molecular weight is 496 g/mol. The number of halogens is 1. The predicted molar refractivity (Wildman–Crippen MR) is 132 cm³/mol. The third kappa shape index (κ3) is 4.95. The van der Waals surface area contributed by atoms with Gasteiger partial charge >= 0.3 is 0 Å². The minimum absolute atomic E-state index is 0.136. The second-order valence-corrected chi connectivity index (χ2v) is 9.88. The highest BCUT2D eigenvalue weighted by Crippen LogP contribution is 2.38. The molecule has 7 nitrogen and oxygen atoms in total. The molecule has 182 valence electrons. The van der Waals surface area contributed by atoms with Gasteiger partial charge in [-0.1, -0.05) is 18.2 Å². The zero-order valence-electron chi connectivity index (χ0n) is 19.7. The average Bonchev–Trinajstić information content (AvgIpc) is 3.31. The lowest BCUT2D eigenvalue weighted by Gasteiger charge is -2.38. The zero-order valence-corrected chi connectivity index (χ0v) is 20.5. The largest absolute Gasteiger partial charge is 0.330 e. The van der Waals surface area contributed by atoms with Crippen LogP contribution in [0.2, 0.25) is 0 Å². The molecule has 0 spiro atoms. The van der Waals surface area contributed by atoms with Crippen LogP contribution in [0.3, 0.4) is 0 Å². The number of hydrogen-bond donors (Lipinski definition) is 0. The van der Waals surface area contributed by atoms with Crippen LogP contribution >= 0.6 is 11.3 Å². The molecule has 2 amide bonds. The van der Waals surface area contributed by atoms with E-state index in [-0.39, 0.29) is 41.6 Å². The standard InChI is InChI=1S/C26H26FN3O4S/c1-16(2)29(26(32)19-5-4-17(3)22(14-19)30(33)34)15-24(31)28-12-10-23-21(11-13-35-23)25(28)18-6-8-20(27)9-7-18/h4-9,11,13-14,16,25H,10,12,15H2,1-3H3. The number of nitro groups is 1. The van der Waals surface area contributed by atoms with Crippen molar-refractivity contribution < 1.29 is 18.9 Å². The number of carbonyl (C=O) groups excluding carboxylic acids is 2.